The summed E-state index contributed by atoms with van der Waals surface area (Å²) in [5, 5.41) is 1.08. The normalized spacial score (nSPS) is 20.0. The van der Waals surface area contributed by atoms with E-state index in [4.69, 9.17) is 0 Å². The first kappa shape index (κ1) is 14.6. The van der Waals surface area contributed by atoms with Crippen LogP contribution in [0.1, 0.15) is 63.2 Å². The highest BCUT2D eigenvalue weighted by atomic mass is 32.1. The predicted octanol–water partition coefficient (Wildman–Crippen LogP) is 2.74. The Labute approximate surface area is 138 Å². The summed E-state index contributed by atoms with van der Waals surface area (Å²) < 4.78 is 1.66. The van der Waals surface area contributed by atoms with Crippen molar-refractivity contribution in [3.63, 3.8) is 0 Å². The highest BCUT2D eigenvalue weighted by Gasteiger charge is 2.35. The maximum absolute atomic E-state index is 12.9. The lowest BCUT2D eigenvalue weighted by Gasteiger charge is -2.21. The first-order valence-corrected chi connectivity index (χ1v) is 8.75. The summed E-state index contributed by atoms with van der Waals surface area (Å²) >= 11 is 1.52. The molecule has 5 nitrogen and oxygen atoms in total. The zero-order chi connectivity index (χ0) is 16.3. The molecule has 1 aliphatic heterocycles. The average molecular weight is 329 g/mol. The van der Waals surface area contributed by atoms with Gasteiger partial charge in [-0.15, -0.1) is 11.3 Å². The molecule has 3 heterocycles. The molecular weight excluding hydrogens is 310 g/mol. The van der Waals surface area contributed by atoms with Gasteiger partial charge in [0.2, 0.25) is 0 Å². The Bertz CT molecular complexity index is 863. The van der Waals surface area contributed by atoms with E-state index in [1.807, 2.05) is 18.7 Å². The van der Waals surface area contributed by atoms with Gasteiger partial charge in [0.1, 0.15) is 4.88 Å². The van der Waals surface area contributed by atoms with Crippen LogP contribution < -0.4 is 5.56 Å². The first-order chi connectivity index (χ1) is 11.0. The molecule has 6 heteroatoms. The van der Waals surface area contributed by atoms with Gasteiger partial charge >= 0.3 is 0 Å². The molecule has 120 valence electrons. The smallest absolute Gasteiger partial charge is 0.266 e. The Balaban J connectivity index is 1.68. The molecule has 1 fully saturated rings. The van der Waals surface area contributed by atoms with Crippen molar-refractivity contribution >= 4 is 17.2 Å². The van der Waals surface area contributed by atoms with E-state index in [0.717, 1.165) is 21.8 Å². The molecule has 23 heavy (non-hydrogen) atoms. The Morgan fingerprint density at radius 1 is 1.39 bits per heavy atom. The molecule has 0 saturated heterocycles. The highest BCUT2D eigenvalue weighted by Crippen LogP contribution is 2.42. The van der Waals surface area contributed by atoms with Crippen molar-refractivity contribution in [3.05, 3.63) is 49.3 Å². The third kappa shape index (κ3) is 2.24. The fourth-order valence-corrected chi connectivity index (χ4v) is 4.45. The number of amides is 1. The van der Waals surface area contributed by atoms with Gasteiger partial charge in [0.05, 0.1) is 23.8 Å². The summed E-state index contributed by atoms with van der Waals surface area (Å²) in [6, 6.07) is 1.64. The summed E-state index contributed by atoms with van der Waals surface area (Å²) in [5.74, 6) is 0.586. The zero-order valence-electron chi connectivity index (χ0n) is 13.5. The van der Waals surface area contributed by atoms with Crippen molar-refractivity contribution in [1.82, 2.24) is 14.5 Å². The minimum Gasteiger partial charge on any atom is -0.325 e. The van der Waals surface area contributed by atoms with Gasteiger partial charge in [-0.25, -0.2) is 4.98 Å². The lowest BCUT2D eigenvalue weighted by atomic mass is 10.0. The standard InChI is InChI=1S/C17H19N3O2S/c1-9-6-14(21)19(3)12-8-20(10(2)15(9)12)17(22)13-7-18-16(23-13)11-4-5-11/h6-7,10-11H,4-5,8H2,1-3H3. The number of hydrogen-bond acceptors (Lipinski definition) is 4. The van der Waals surface area contributed by atoms with E-state index >= 15 is 0 Å². The van der Waals surface area contributed by atoms with Gasteiger partial charge in [-0.3, -0.25) is 9.59 Å². The number of rotatable bonds is 2. The van der Waals surface area contributed by atoms with E-state index in [1.54, 1.807) is 23.9 Å². The van der Waals surface area contributed by atoms with Gasteiger partial charge < -0.3 is 9.47 Å². The van der Waals surface area contributed by atoms with Crippen LogP contribution in [0.2, 0.25) is 0 Å². The average Bonchev–Trinajstić information content (AvgIpc) is 3.14. The molecule has 1 atom stereocenters. The van der Waals surface area contributed by atoms with Crippen molar-refractivity contribution in [2.75, 3.05) is 0 Å². The summed E-state index contributed by atoms with van der Waals surface area (Å²) in [7, 11) is 1.78. The lowest BCUT2D eigenvalue weighted by Crippen LogP contribution is -2.28. The number of fused-ring (bicyclic) bond motifs is 1. The Hall–Kier alpha value is -1.95. The molecule has 2 aliphatic rings. The molecule has 0 bridgehead atoms. The SMILES string of the molecule is Cc1cc(=O)n(C)c2c1C(C)N(C(=O)c1cnc(C3CC3)s1)C2. The van der Waals surface area contributed by atoms with Crippen LogP contribution in [0.25, 0.3) is 0 Å². The van der Waals surface area contributed by atoms with Gasteiger partial charge in [0, 0.05) is 24.7 Å². The van der Waals surface area contributed by atoms with Crippen molar-refractivity contribution in [2.45, 2.75) is 45.2 Å². The van der Waals surface area contributed by atoms with Gasteiger partial charge in [0.25, 0.3) is 11.5 Å². The topological polar surface area (TPSA) is 55.2 Å². The van der Waals surface area contributed by atoms with Gasteiger partial charge in [0.15, 0.2) is 0 Å². The molecule has 1 amide bonds. The number of pyridine rings is 1. The Morgan fingerprint density at radius 2 is 2.13 bits per heavy atom. The van der Waals surface area contributed by atoms with Crippen molar-refractivity contribution < 1.29 is 4.79 Å². The molecule has 2 aromatic heterocycles. The number of thiazole rings is 1. The molecule has 0 aromatic carbocycles. The quantitative estimate of drug-likeness (QED) is 0.851. The van der Waals surface area contributed by atoms with E-state index in [-0.39, 0.29) is 17.5 Å². The van der Waals surface area contributed by atoms with Crippen LogP contribution in [0.5, 0.6) is 0 Å². The third-order valence-electron chi connectivity index (χ3n) is 4.94. The van der Waals surface area contributed by atoms with Crippen LogP contribution in [0, 0.1) is 6.92 Å². The summed E-state index contributed by atoms with van der Waals surface area (Å²) in [5.41, 5.74) is 3.00. The highest BCUT2D eigenvalue weighted by molar-refractivity contribution is 7.13. The lowest BCUT2D eigenvalue weighted by molar-refractivity contribution is 0.0708. The fraction of sp³-hybridized carbons (Fsp3) is 0.471. The molecule has 4 rings (SSSR count). The summed E-state index contributed by atoms with van der Waals surface area (Å²) in [4.78, 5) is 31.8. The zero-order valence-corrected chi connectivity index (χ0v) is 14.3. The Kier molecular flexibility index (Phi) is 3.20. The number of carbonyl (C=O) groups is 1. The number of aryl methyl sites for hydroxylation is 1. The maximum Gasteiger partial charge on any atom is 0.266 e. The van der Waals surface area contributed by atoms with Crippen molar-refractivity contribution in [3.8, 4) is 0 Å². The second kappa shape index (κ2) is 5.03. The number of aromatic nitrogens is 2. The molecule has 2 aromatic rings. The van der Waals surface area contributed by atoms with Gasteiger partial charge in [-0.05, 0) is 37.8 Å². The van der Waals surface area contributed by atoms with Crippen molar-refractivity contribution in [1.29, 1.82) is 0 Å². The molecular formula is C17H19N3O2S. The number of carbonyl (C=O) groups excluding carboxylic acids is 1. The van der Waals surface area contributed by atoms with Crippen LogP contribution >= 0.6 is 11.3 Å². The first-order valence-electron chi connectivity index (χ1n) is 7.93. The van der Waals surface area contributed by atoms with E-state index in [2.05, 4.69) is 4.98 Å². The van der Waals surface area contributed by atoms with Crippen LogP contribution in [0.4, 0.5) is 0 Å². The van der Waals surface area contributed by atoms with E-state index in [0.29, 0.717) is 17.3 Å². The molecule has 0 N–H and O–H groups in total. The third-order valence-corrected chi connectivity index (χ3v) is 6.09. The van der Waals surface area contributed by atoms with E-state index in [9.17, 15) is 9.59 Å². The van der Waals surface area contributed by atoms with Crippen LogP contribution in [-0.2, 0) is 13.6 Å². The minimum absolute atomic E-state index is 0.0171. The number of hydrogen-bond donors (Lipinski definition) is 0. The Morgan fingerprint density at radius 3 is 2.83 bits per heavy atom. The summed E-state index contributed by atoms with van der Waals surface area (Å²) in [6.07, 6.45) is 4.09. The van der Waals surface area contributed by atoms with E-state index in [1.165, 1.54) is 24.2 Å². The van der Waals surface area contributed by atoms with Crippen LogP contribution in [-0.4, -0.2) is 20.4 Å². The van der Waals surface area contributed by atoms with Gasteiger partial charge in [-0.2, -0.15) is 0 Å². The second-order valence-electron chi connectivity index (χ2n) is 6.53. The summed E-state index contributed by atoms with van der Waals surface area (Å²) in [6.45, 7) is 4.46. The number of nitrogens with zero attached hydrogens (tertiary/aromatic N) is 3. The van der Waals surface area contributed by atoms with Crippen LogP contribution in [0.15, 0.2) is 17.1 Å². The van der Waals surface area contributed by atoms with Gasteiger partial charge in [-0.1, -0.05) is 0 Å². The molecule has 0 spiro atoms. The largest absolute Gasteiger partial charge is 0.325 e. The monoisotopic (exact) mass is 329 g/mol. The molecule has 1 saturated carbocycles. The fourth-order valence-electron chi connectivity index (χ4n) is 3.41. The van der Waals surface area contributed by atoms with Crippen LogP contribution in [0.3, 0.4) is 0 Å². The maximum atomic E-state index is 12.9. The van der Waals surface area contributed by atoms with Crippen molar-refractivity contribution in [2.24, 2.45) is 7.05 Å². The molecule has 1 unspecified atom stereocenters. The second-order valence-corrected chi connectivity index (χ2v) is 7.59. The molecule has 1 aliphatic carbocycles. The predicted molar refractivity (Wildman–Crippen MR) is 88.8 cm³/mol. The van der Waals surface area contributed by atoms with E-state index < -0.39 is 0 Å². The minimum atomic E-state index is -0.0178. The molecule has 0 radical (unpaired) electrons.